The third-order valence-electron chi connectivity index (χ3n) is 4.02. The van der Waals surface area contributed by atoms with Crippen LogP contribution in [0, 0.1) is 0 Å². The van der Waals surface area contributed by atoms with Crippen LogP contribution in [0.4, 0.5) is 17.3 Å². The first-order valence-corrected chi connectivity index (χ1v) is 8.92. The van der Waals surface area contributed by atoms with Crippen molar-refractivity contribution in [2.45, 2.75) is 0 Å². The maximum absolute atomic E-state index is 9.75. The van der Waals surface area contributed by atoms with Crippen molar-refractivity contribution < 1.29 is 21.7 Å². The molecule has 0 spiro atoms. The van der Waals surface area contributed by atoms with Crippen LogP contribution in [0.15, 0.2) is 108 Å². The van der Waals surface area contributed by atoms with E-state index in [9.17, 15) is 17.3 Å². The van der Waals surface area contributed by atoms with Gasteiger partial charge in [-0.1, -0.05) is 66.7 Å². The first-order chi connectivity index (χ1) is 13.9. The van der Waals surface area contributed by atoms with Gasteiger partial charge in [-0.15, -0.1) is 0 Å². The van der Waals surface area contributed by atoms with Gasteiger partial charge in [0.15, 0.2) is 0 Å². The molecule has 0 saturated heterocycles. The summed E-state index contributed by atoms with van der Waals surface area (Å²) in [6.45, 7) is 0. The van der Waals surface area contributed by atoms with E-state index in [-0.39, 0.29) is 0 Å². The van der Waals surface area contributed by atoms with E-state index in [0.717, 1.165) is 28.2 Å². The van der Waals surface area contributed by atoms with Crippen molar-refractivity contribution in [3.8, 4) is 33.8 Å². The first kappa shape index (κ1) is 20.3. The molecule has 0 N–H and O–H groups in total. The van der Waals surface area contributed by atoms with E-state index in [1.165, 1.54) is 5.56 Å². The van der Waals surface area contributed by atoms with E-state index in [2.05, 4.69) is 60.7 Å². The Kier molecular flexibility index (Phi) is 6.44. The Morgan fingerprint density at radius 2 is 0.759 bits per heavy atom. The molecule has 29 heavy (non-hydrogen) atoms. The largest absolute Gasteiger partial charge is 0.673 e. The van der Waals surface area contributed by atoms with Gasteiger partial charge in [-0.05, 0) is 29.8 Å². The summed E-state index contributed by atoms with van der Waals surface area (Å²) in [7, 11) is -6.00. The lowest BCUT2D eigenvalue weighted by Gasteiger charge is -2.02. The molecule has 4 rings (SSSR count). The molecule has 1 nitrogen and oxygen atoms in total. The van der Waals surface area contributed by atoms with Crippen LogP contribution in [-0.2, 0) is 0 Å². The van der Waals surface area contributed by atoms with Gasteiger partial charge in [0.2, 0.25) is 0 Å². The van der Waals surface area contributed by atoms with E-state index in [1.807, 2.05) is 42.5 Å². The molecule has 0 amide bonds. The topological polar surface area (TPSA) is 11.3 Å². The molecule has 0 unspecified atom stereocenters. The Hall–Kier alpha value is -3.41. The van der Waals surface area contributed by atoms with Gasteiger partial charge >= 0.3 is 18.8 Å². The van der Waals surface area contributed by atoms with Crippen LogP contribution < -0.4 is 0 Å². The zero-order chi connectivity index (χ0) is 20.7. The van der Waals surface area contributed by atoms with E-state index < -0.39 is 7.25 Å². The molecule has 0 aliphatic heterocycles. The Morgan fingerprint density at radius 1 is 0.448 bits per heavy atom. The highest BCUT2D eigenvalue weighted by atomic mass is 19.5. The maximum atomic E-state index is 9.75. The van der Waals surface area contributed by atoms with Crippen LogP contribution in [0.3, 0.4) is 0 Å². The van der Waals surface area contributed by atoms with E-state index in [0.29, 0.717) is 0 Å². The average Bonchev–Trinajstić information content (AvgIpc) is 2.74. The number of hydrogen-bond donors (Lipinski definition) is 0. The normalized spacial score (nSPS) is 10.8. The molecular formula is C23H17BF4O. The van der Waals surface area contributed by atoms with Crippen molar-refractivity contribution in [1.82, 2.24) is 0 Å². The zero-order valence-corrected chi connectivity index (χ0v) is 15.3. The molecule has 1 aromatic heterocycles. The van der Waals surface area contributed by atoms with E-state index in [4.69, 9.17) is 4.42 Å². The lowest BCUT2D eigenvalue weighted by molar-refractivity contribution is 0.368. The van der Waals surface area contributed by atoms with Gasteiger partial charge in [0.05, 0.1) is 23.3 Å². The molecule has 0 aliphatic rings. The number of benzene rings is 3. The summed E-state index contributed by atoms with van der Waals surface area (Å²) in [6, 6.07) is 35.1. The molecule has 0 aliphatic carbocycles. The van der Waals surface area contributed by atoms with Gasteiger partial charge in [0.1, 0.15) is 0 Å². The fraction of sp³-hybridized carbons (Fsp3) is 0. The molecule has 3 aromatic carbocycles. The second-order valence-electron chi connectivity index (χ2n) is 6.17. The SMILES string of the molecule is F[B-](F)(F)F.c1ccc(-c2cc(-c3ccccc3)[o+]c(-c3ccccc3)c2)cc1. The molecule has 146 valence electrons. The average molecular weight is 396 g/mol. The standard InChI is InChI=1S/C23H17O.BF4/c1-4-10-18(11-5-1)21-16-22(19-12-6-2-7-13-19)24-23(17-21)20-14-8-3-9-15-20;2-1(3,4)5/h1-17H;/q+1;-1. The number of halogens is 4. The van der Waals surface area contributed by atoms with Crippen molar-refractivity contribution in [2.75, 3.05) is 0 Å². The molecule has 0 fully saturated rings. The second-order valence-corrected chi connectivity index (χ2v) is 6.17. The van der Waals surface area contributed by atoms with Crippen LogP contribution in [-0.4, -0.2) is 7.25 Å². The molecule has 0 atom stereocenters. The Bertz CT molecular complexity index is 891. The quantitative estimate of drug-likeness (QED) is 0.195. The Balaban J connectivity index is 0.000000431. The Morgan fingerprint density at radius 3 is 1.10 bits per heavy atom. The molecule has 0 saturated carbocycles. The monoisotopic (exact) mass is 396 g/mol. The lowest BCUT2D eigenvalue weighted by atomic mass is 10.0. The van der Waals surface area contributed by atoms with Crippen LogP contribution >= 0.6 is 0 Å². The van der Waals surface area contributed by atoms with E-state index >= 15 is 0 Å². The summed E-state index contributed by atoms with van der Waals surface area (Å²) < 4.78 is 45.2. The molecule has 0 radical (unpaired) electrons. The van der Waals surface area contributed by atoms with Crippen molar-refractivity contribution in [1.29, 1.82) is 0 Å². The van der Waals surface area contributed by atoms with Gasteiger partial charge in [-0.2, -0.15) is 0 Å². The van der Waals surface area contributed by atoms with Gasteiger partial charge in [-0.3, -0.25) is 0 Å². The van der Waals surface area contributed by atoms with Gasteiger partial charge < -0.3 is 17.3 Å². The van der Waals surface area contributed by atoms with Gasteiger partial charge in [0.25, 0.3) is 0 Å². The molecule has 0 bridgehead atoms. The number of rotatable bonds is 3. The summed E-state index contributed by atoms with van der Waals surface area (Å²) >= 11 is 0. The summed E-state index contributed by atoms with van der Waals surface area (Å²) in [5, 5.41) is 0. The highest BCUT2D eigenvalue weighted by Gasteiger charge is 2.21. The highest BCUT2D eigenvalue weighted by molar-refractivity contribution is 6.50. The number of hydrogen-bond acceptors (Lipinski definition) is 0. The minimum absolute atomic E-state index is 0.871. The second kappa shape index (κ2) is 9.19. The summed E-state index contributed by atoms with van der Waals surface area (Å²) in [4.78, 5) is 0. The van der Waals surface area contributed by atoms with Crippen LogP contribution in [0.5, 0.6) is 0 Å². The summed E-state index contributed by atoms with van der Waals surface area (Å²) in [6.07, 6.45) is 0. The van der Waals surface area contributed by atoms with Gasteiger partial charge in [-0.25, -0.2) is 4.42 Å². The highest BCUT2D eigenvalue weighted by Crippen LogP contribution is 2.32. The summed E-state index contributed by atoms with van der Waals surface area (Å²) in [5.41, 5.74) is 4.49. The summed E-state index contributed by atoms with van der Waals surface area (Å²) in [5.74, 6) is 1.74. The maximum Gasteiger partial charge on any atom is 0.673 e. The van der Waals surface area contributed by atoms with Crippen molar-refractivity contribution in [3.63, 3.8) is 0 Å². The van der Waals surface area contributed by atoms with Gasteiger partial charge in [0, 0.05) is 5.56 Å². The minimum Gasteiger partial charge on any atom is -0.418 e. The zero-order valence-electron chi connectivity index (χ0n) is 15.3. The smallest absolute Gasteiger partial charge is 0.418 e. The lowest BCUT2D eigenvalue weighted by Crippen LogP contribution is -2.02. The Labute approximate surface area is 166 Å². The fourth-order valence-corrected chi connectivity index (χ4v) is 2.79. The third-order valence-corrected chi connectivity index (χ3v) is 4.02. The third kappa shape index (κ3) is 6.31. The molecule has 6 heteroatoms. The minimum atomic E-state index is -6.00. The van der Waals surface area contributed by atoms with Crippen LogP contribution in [0.2, 0.25) is 0 Å². The van der Waals surface area contributed by atoms with Crippen LogP contribution in [0.1, 0.15) is 0 Å². The van der Waals surface area contributed by atoms with Crippen molar-refractivity contribution >= 4 is 7.25 Å². The van der Waals surface area contributed by atoms with E-state index in [1.54, 1.807) is 0 Å². The van der Waals surface area contributed by atoms with Crippen molar-refractivity contribution in [2.24, 2.45) is 0 Å². The molecule has 1 heterocycles. The first-order valence-electron chi connectivity index (χ1n) is 8.92. The molecule has 4 aromatic rings. The van der Waals surface area contributed by atoms with Crippen molar-refractivity contribution in [3.05, 3.63) is 103 Å². The molecular weight excluding hydrogens is 379 g/mol. The predicted octanol–water partition coefficient (Wildman–Crippen LogP) is 7.86. The fourth-order valence-electron chi connectivity index (χ4n) is 2.79. The predicted molar refractivity (Wildman–Crippen MR) is 110 cm³/mol. The van der Waals surface area contributed by atoms with Crippen LogP contribution in [0.25, 0.3) is 33.8 Å².